The lowest BCUT2D eigenvalue weighted by atomic mass is 10.1. The summed E-state index contributed by atoms with van der Waals surface area (Å²) >= 11 is -1.13. The van der Waals surface area contributed by atoms with Crippen molar-refractivity contribution < 1.29 is 8.39 Å². The lowest BCUT2D eigenvalue weighted by Gasteiger charge is -2.23. The molecule has 0 spiro atoms. The van der Waals surface area contributed by atoms with Crippen LogP contribution in [0.5, 0.6) is 0 Å². The van der Waals surface area contributed by atoms with Gasteiger partial charge in [0.1, 0.15) is 0 Å². The minimum absolute atomic E-state index is 0.158. The van der Waals surface area contributed by atoms with E-state index >= 15 is 0 Å². The molecule has 0 aromatic heterocycles. The van der Waals surface area contributed by atoms with Gasteiger partial charge >= 0.3 is 0 Å². The van der Waals surface area contributed by atoms with Crippen LogP contribution in [0.1, 0.15) is 33.6 Å². The van der Waals surface area contributed by atoms with Gasteiger partial charge in [0.15, 0.2) is 11.1 Å². The summed E-state index contributed by atoms with van der Waals surface area (Å²) in [4.78, 5) is 0. The molecule has 62 valence electrons. The molecule has 1 atom stereocenters. The quantitative estimate of drug-likeness (QED) is 0.634. The summed E-state index contributed by atoms with van der Waals surface area (Å²) in [6.45, 7) is 6.04. The van der Waals surface area contributed by atoms with Crippen LogP contribution in [0, 0.1) is 0 Å². The molecule has 10 heavy (non-hydrogen) atoms. The molecular formula is C7H16O2S. The van der Waals surface area contributed by atoms with E-state index in [1.54, 1.807) is 0 Å². The Morgan fingerprint density at radius 1 is 1.40 bits per heavy atom. The van der Waals surface area contributed by atoms with Crippen molar-refractivity contribution in [2.24, 2.45) is 0 Å². The summed E-state index contributed by atoms with van der Waals surface area (Å²) in [6, 6.07) is 0. The molecule has 0 aliphatic heterocycles. The highest BCUT2D eigenvalue weighted by atomic mass is 32.2. The van der Waals surface area contributed by atoms with Crippen molar-refractivity contribution >= 4 is 11.1 Å². The van der Waals surface area contributed by atoms with Crippen LogP contribution in [0.3, 0.4) is 0 Å². The smallest absolute Gasteiger partial charge is 0.161 e. The zero-order valence-electron chi connectivity index (χ0n) is 7.14. The first-order valence-corrected chi connectivity index (χ1v) is 4.64. The average Bonchev–Trinajstić information content (AvgIpc) is 2.01. The van der Waals surface area contributed by atoms with Gasteiger partial charge in [-0.1, -0.05) is 13.8 Å². The van der Waals surface area contributed by atoms with Crippen LogP contribution in [0.15, 0.2) is 0 Å². The van der Waals surface area contributed by atoms with E-state index in [2.05, 4.69) is 0 Å². The first-order chi connectivity index (χ1) is 4.60. The van der Waals surface area contributed by atoms with Crippen LogP contribution in [0.25, 0.3) is 0 Å². The second kappa shape index (κ2) is 4.09. The van der Waals surface area contributed by atoms with E-state index in [0.29, 0.717) is 0 Å². The molecule has 0 saturated carbocycles. The van der Waals surface area contributed by atoms with E-state index in [9.17, 15) is 4.21 Å². The van der Waals surface area contributed by atoms with E-state index in [1.165, 1.54) is 7.11 Å². The largest absolute Gasteiger partial charge is 0.293 e. The van der Waals surface area contributed by atoms with E-state index in [0.717, 1.165) is 12.8 Å². The minimum Gasteiger partial charge on any atom is -0.293 e. The van der Waals surface area contributed by atoms with Gasteiger partial charge in [0.05, 0.1) is 11.9 Å². The Labute approximate surface area is 65.6 Å². The zero-order chi connectivity index (χ0) is 8.20. The van der Waals surface area contributed by atoms with E-state index in [-0.39, 0.29) is 4.75 Å². The van der Waals surface area contributed by atoms with Crippen LogP contribution in [0.4, 0.5) is 0 Å². The van der Waals surface area contributed by atoms with E-state index < -0.39 is 11.1 Å². The maximum atomic E-state index is 11.2. The van der Waals surface area contributed by atoms with Crippen molar-refractivity contribution in [3.05, 3.63) is 0 Å². The first-order valence-electron chi connectivity index (χ1n) is 3.57. The summed E-state index contributed by atoms with van der Waals surface area (Å²) < 4.78 is 15.8. The van der Waals surface area contributed by atoms with Gasteiger partial charge in [-0.25, -0.2) is 4.21 Å². The second-order valence-electron chi connectivity index (χ2n) is 2.56. The third-order valence-electron chi connectivity index (χ3n) is 2.05. The molecule has 0 radical (unpaired) electrons. The zero-order valence-corrected chi connectivity index (χ0v) is 7.96. The second-order valence-corrected chi connectivity index (χ2v) is 4.35. The lowest BCUT2D eigenvalue weighted by Crippen LogP contribution is -2.29. The SMILES string of the molecule is CCC(C)(CC)S(=O)OC. The van der Waals surface area contributed by atoms with Crippen LogP contribution >= 0.6 is 0 Å². The number of rotatable bonds is 4. The van der Waals surface area contributed by atoms with Crippen molar-refractivity contribution in [1.29, 1.82) is 0 Å². The van der Waals surface area contributed by atoms with Gasteiger partial charge in [0.25, 0.3) is 0 Å². The van der Waals surface area contributed by atoms with Crippen molar-refractivity contribution in [3.63, 3.8) is 0 Å². The molecule has 2 nitrogen and oxygen atoms in total. The predicted molar refractivity (Wildman–Crippen MR) is 44.1 cm³/mol. The fraction of sp³-hybridized carbons (Fsp3) is 1.00. The molecule has 0 fully saturated rings. The molecular weight excluding hydrogens is 148 g/mol. The lowest BCUT2D eigenvalue weighted by molar-refractivity contribution is 0.408. The Hall–Kier alpha value is 0.110. The first kappa shape index (κ1) is 10.1. The predicted octanol–water partition coefficient (Wildman–Crippen LogP) is 1.88. The summed E-state index contributed by atoms with van der Waals surface area (Å²) in [5.41, 5.74) is 0. The molecule has 1 unspecified atom stereocenters. The highest BCUT2D eigenvalue weighted by molar-refractivity contribution is 7.81. The maximum Gasteiger partial charge on any atom is 0.161 e. The van der Waals surface area contributed by atoms with Gasteiger partial charge in [0.2, 0.25) is 0 Å². The molecule has 0 N–H and O–H groups in total. The highest BCUT2D eigenvalue weighted by Gasteiger charge is 2.27. The number of hydrogen-bond donors (Lipinski definition) is 0. The summed E-state index contributed by atoms with van der Waals surface area (Å²) in [5.74, 6) is 0. The fourth-order valence-corrected chi connectivity index (χ4v) is 1.56. The third-order valence-corrected chi connectivity index (χ3v) is 3.73. The Bertz CT molecular complexity index is 119. The van der Waals surface area contributed by atoms with Crippen molar-refractivity contribution in [3.8, 4) is 0 Å². The normalized spacial score (nSPS) is 15.2. The van der Waals surface area contributed by atoms with Crippen molar-refractivity contribution in [1.82, 2.24) is 0 Å². The minimum atomic E-state index is -1.13. The highest BCUT2D eigenvalue weighted by Crippen LogP contribution is 2.22. The maximum absolute atomic E-state index is 11.2. The Morgan fingerprint density at radius 3 is 1.90 bits per heavy atom. The van der Waals surface area contributed by atoms with Crippen LogP contribution in [0.2, 0.25) is 0 Å². The molecule has 0 aromatic rings. The molecule has 0 aliphatic carbocycles. The average molecular weight is 164 g/mol. The molecule has 0 amide bonds. The summed E-state index contributed by atoms with van der Waals surface area (Å²) in [6.07, 6.45) is 1.79. The van der Waals surface area contributed by atoms with E-state index in [1.807, 2.05) is 20.8 Å². The van der Waals surface area contributed by atoms with Gasteiger partial charge < -0.3 is 0 Å². The van der Waals surface area contributed by atoms with E-state index in [4.69, 9.17) is 4.18 Å². The van der Waals surface area contributed by atoms with Crippen LogP contribution in [-0.4, -0.2) is 16.1 Å². The van der Waals surface area contributed by atoms with Gasteiger partial charge in [-0.3, -0.25) is 4.18 Å². The molecule has 0 saturated heterocycles. The van der Waals surface area contributed by atoms with Gasteiger partial charge in [-0.2, -0.15) is 0 Å². The van der Waals surface area contributed by atoms with Crippen molar-refractivity contribution in [2.75, 3.05) is 7.11 Å². The van der Waals surface area contributed by atoms with Gasteiger partial charge in [-0.15, -0.1) is 0 Å². The Balaban J connectivity index is 4.17. The summed E-state index contributed by atoms with van der Waals surface area (Å²) in [7, 11) is 1.49. The topological polar surface area (TPSA) is 26.3 Å². The molecule has 0 heterocycles. The van der Waals surface area contributed by atoms with Crippen molar-refractivity contribution in [2.45, 2.75) is 38.4 Å². The van der Waals surface area contributed by atoms with Gasteiger partial charge in [0, 0.05) is 0 Å². The monoisotopic (exact) mass is 164 g/mol. The third kappa shape index (κ3) is 2.06. The molecule has 0 rings (SSSR count). The Kier molecular flexibility index (Phi) is 4.13. The summed E-state index contributed by atoms with van der Waals surface area (Å²) in [5, 5.41) is 0. The molecule has 3 heteroatoms. The van der Waals surface area contributed by atoms with Crippen LogP contribution < -0.4 is 0 Å². The van der Waals surface area contributed by atoms with Gasteiger partial charge in [-0.05, 0) is 19.8 Å². The standard InChI is InChI=1S/C7H16O2S/c1-5-7(3,6-2)10(8)9-4/h5-6H2,1-4H3. The molecule has 0 aliphatic rings. The number of hydrogen-bond acceptors (Lipinski definition) is 2. The molecule has 0 aromatic carbocycles. The molecule has 0 bridgehead atoms. The Morgan fingerprint density at radius 2 is 1.80 bits per heavy atom. The van der Waals surface area contributed by atoms with Crippen LogP contribution in [-0.2, 0) is 15.3 Å². The fourth-order valence-electron chi connectivity index (χ4n) is 0.687.